The number of amides is 1. The average molecular weight is 433 g/mol. The first-order valence-corrected chi connectivity index (χ1v) is 11.2. The summed E-state index contributed by atoms with van der Waals surface area (Å²) in [5, 5.41) is 7.39. The van der Waals surface area contributed by atoms with Crippen LogP contribution in [0.15, 0.2) is 54.9 Å². The summed E-state index contributed by atoms with van der Waals surface area (Å²) in [5.41, 5.74) is 3.98. The van der Waals surface area contributed by atoms with Crippen LogP contribution in [-0.2, 0) is 13.1 Å². The molecule has 1 fully saturated rings. The Morgan fingerprint density at radius 3 is 2.75 bits per heavy atom. The van der Waals surface area contributed by atoms with Crippen molar-refractivity contribution in [3.8, 4) is 0 Å². The molecule has 3 aromatic rings. The van der Waals surface area contributed by atoms with Crippen molar-refractivity contribution in [2.75, 3.05) is 39.1 Å². The Balaban J connectivity index is 1.46. The summed E-state index contributed by atoms with van der Waals surface area (Å²) in [6, 6.07) is 14.2. The molecule has 7 nitrogen and oxygen atoms in total. The van der Waals surface area contributed by atoms with Crippen molar-refractivity contribution in [1.82, 2.24) is 25.0 Å². The number of likely N-dealkylation sites (tertiary alicyclic amines) is 1. The van der Waals surface area contributed by atoms with E-state index in [4.69, 9.17) is 0 Å². The molecule has 0 spiro atoms. The number of nitrogens with one attached hydrogen (secondary N) is 1. The van der Waals surface area contributed by atoms with E-state index in [1.165, 1.54) is 5.56 Å². The zero-order chi connectivity index (χ0) is 22.5. The third kappa shape index (κ3) is 4.99. The maximum absolute atomic E-state index is 13.2. The van der Waals surface area contributed by atoms with Crippen molar-refractivity contribution in [3.05, 3.63) is 77.2 Å². The minimum absolute atomic E-state index is 0.0110. The highest BCUT2D eigenvalue weighted by Gasteiger charge is 2.28. The fourth-order valence-corrected chi connectivity index (χ4v) is 4.54. The zero-order valence-electron chi connectivity index (χ0n) is 19.2. The maximum atomic E-state index is 13.2. The quantitative estimate of drug-likeness (QED) is 0.619. The topological polar surface area (TPSA) is 68.4 Å². The van der Waals surface area contributed by atoms with Gasteiger partial charge in [0.05, 0.1) is 17.5 Å². The van der Waals surface area contributed by atoms with Gasteiger partial charge >= 0.3 is 0 Å². The van der Waals surface area contributed by atoms with E-state index in [1.807, 2.05) is 63.7 Å². The molecule has 1 saturated heterocycles. The van der Waals surface area contributed by atoms with Gasteiger partial charge in [-0.2, -0.15) is 5.10 Å². The summed E-state index contributed by atoms with van der Waals surface area (Å²) in [4.78, 5) is 24.0. The zero-order valence-corrected chi connectivity index (χ0v) is 19.2. The lowest BCUT2D eigenvalue weighted by molar-refractivity contribution is 0.0782. The number of piperidine rings is 1. The van der Waals surface area contributed by atoms with Gasteiger partial charge in [-0.3, -0.25) is 14.8 Å². The van der Waals surface area contributed by atoms with Gasteiger partial charge in [-0.05, 0) is 31.0 Å². The second-order valence-electron chi connectivity index (χ2n) is 8.80. The molecule has 1 N–H and O–H groups in total. The Bertz CT molecular complexity index is 1030. The molecule has 0 bridgehead atoms. The number of anilines is 1. The van der Waals surface area contributed by atoms with Crippen LogP contribution >= 0.6 is 0 Å². The number of H-pyrrole nitrogens is 1. The molecule has 0 aliphatic carbocycles. The van der Waals surface area contributed by atoms with Gasteiger partial charge in [-0.25, -0.2) is 4.98 Å². The number of benzene rings is 1. The van der Waals surface area contributed by atoms with Gasteiger partial charge in [0.15, 0.2) is 0 Å². The van der Waals surface area contributed by atoms with Crippen molar-refractivity contribution < 1.29 is 4.79 Å². The predicted molar refractivity (Wildman–Crippen MR) is 127 cm³/mol. The van der Waals surface area contributed by atoms with E-state index in [9.17, 15) is 4.79 Å². The molecule has 0 unspecified atom stereocenters. The minimum Gasteiger partial charge on any atom is -0.362 e. The van der Waals surface area contributed by atoms with Gasteiger partial charge in [-0.1, -0.05) is 36.4 Å². The van der Waals surface area contributed by atoms with E-state index in [0.29, 0.717) is 12.1 Å². The first-order chi connectivity index (χ1) is 15.5. The molecule has 0 saturated carbocycles. The molecule has 1 aromatic carbocycles. The molecule has 32 heavy (non-hydrogen) atoms. The lowest BCUT2D eigenvalue weighted by atomic mass is 9.92. The van der Waals surface area contributed by atoms with Crippen LogP contribution in [0.2, 0.25) is 0 Å². The maximum Gasteiger partial charge on any atom is 0.257 e. The number of pyridine rings is 1. The first kappa shape index (κ1) is 22.0. The molecule has 3 heterocycles. The van der Waals surface area contributed by atoms with Gasteiger partial charge in [0.25, 0.3) is 5.91 Å². The van der Waals surface area contributed by atoms with Crippen molar-refractivity contribution in [3.63, 3.8) is 0 Å². The summed E-state index contributed by atoms with van der Waals surface area (Å²) in [7, 11) is 5.91. The van der Waals surface area contributed by atoms with Crippen LogP contribution in [0.4, 0.5) is 5.82 Å². The van der Waals surface area contributed by atoms with Crippen LogP contribution in [0.1, 0.15) is 45.9 Å². The third-order valence-electron chi connectivity index (χ3n) is 6.11. The smallest absolute Gasteiger partial charge is 0.257 e. The number of aromatic amines is 1. The van der Waals surface area contributed by atoms with Crippen LogP contribution in [0.5, 0.6) is 0 Å². The van der Waals surface area contributed by atoms with Crippen LogP contribution in [0.3, 0.4) is 0 Å². The Hall–Kier alpha value is -3.19. The predicted octanol–water partition coefficient (Wildman–Crippen LogP) is 3.52. The third-order valence-corrected chi connectivity index (χ3v) is 6.11. The van der Waals surface area contributed by atoms with Crippen molar-refractivity contribution >= 4 is 11.7 Å². The molecule has 1 aliphatic heterocycles. The molecule has 7 heteroatoms. The Labute approximate surface area is 190 Å². The molecular weight excluding hydrogens is 400 g/mol. The highest BCUT2D eigenvalue weighted by molar-refractivity contribution is 5.95. The number of hydrogen-bond acceptors (Lipinski definition) is 5. The lowest BCUT2D eigenvalue weighted by Gasteiger charge is -2.33. The van der Waals surface area contributed by atoms with Gasteiger partial charge in [-0.15, -0.1) is 0 Å². The molecule has 1 amide bonds. The van der Waals surface area contributed by atoms with E-state index in [1.54, 1.807) is 11.1 Å². The standard InChI is InChI=1S/C25H32N6O/c1-29(2)24-21(11-7-13-26-24)18-31-14-8-12-20(17-31)23-22(15-27-28-23)25(32)30(3)16-19-9-5-4-6-10-19/h4-7,9-11,13,15,20H,8,12,14,16-18H2,1-3H3,(H,27,28)/t20-/m0/s1. The lowest BCUT2D eigenvalue weighted by Crippen LogP contribution is -2.35. The van der Waals surface area contributed by atoms with Crippen LogP contribution in [-0.4, -0.2) is 65.1 Å². The van der Waals surface area contributed by atoms with Gasteiger partial charge < -0.3 is 9.80 Å². The molecule has 1 atom stereocenters. The number of carbonyl (C=O) groups is 1. The van der Waals surface area contributed by atoms with E-state index in [0.717, 1.165) is 49.6 Å². The SMILES string of the molecule is CN(Cc1ccccc1)C(=O)c1cn[nH]c1[C@H]1CCCN(Cc2cccnc2N(C)C)C1. The molecule has 1 aliphatic rings. The van der Waals surface area contributed by atoms with E-state index >= 15 is 0 Å². The van der Waals surface area contributed by atoms with Crippen LogP contribution < -0.4 is 4.90 Å². The Morgan fingerprint density at radius 2 is 1.97 bits per heavy atom. The van der Waals surface area contributed by atoms with Gasteiger partial charge in [0.2, 0.25) is 0 Å². The molecule has 168 valence electrons. The second kappa shape index (κ2) is 9.96. The summed E-state index contributed by atoms with van der Waals surface area (Å²) < 4.78 is 0. The highest BCUT2D eigenvalue weighted by Crippen LogP contribution is 2.30. The fraction of sp³-hybridized carbons (Fsp3) is 0.400. The Morgan fingerprint density at radius 1 is 1.16 bits per heavy atom. The molecular formula is C25H32N6O. The molecule has 0 radical (unpaired) electrons. The number of nitrogens with zero attached hydrogens (tertiary/aromatic N) is 5. The number of hydrogen-bond donors (Lipinski definition) is 1. The summed E-state index contributed by atoms with van der Waals surface area (Å²) in [5.74, 6) is 1.28. The Kier molecular flexibility index (Phi) is 6.85. The van der Waals surface area contributed by atoms with Crippen LogP contribution in [0.25, 0.3) is 0 Å². The average Bonchev–Trinajstić information content (AvgIpc) is 3.29. The number of rotatable bonds is 7. The molecule has 4 rings (SSSR count). The minimum atomic E-state index is 0.0110. The van der Waals surface area contributed by atoms with E-state index in [-0.39, 0.29) is 11.8 Å². The fourth-order valence-electron chi connectivity index (χ4n) is 4.54. The van der Waals surface area contributed by atoms with E-state index < -0.39 is 0 Å². The van der Waals surface area contributed by atoms with Gasteiger partial charge in [0.1, 0.15) is 5.82 Å². The van der Waals surface area contributed by atoms with Crippen LogP contribution in [0, 0.1) is 0 Å². The van der Waals surface area contributed by atoms with Crippen molar-refractivity contribution in [2.24, 2.45) is 0 Å². The van der Waals surface area contributed by atoms with E-state index in [2.05, 4.69) is 31.0 Å². The second-order valence-corrected chi connectivity index (χ2v) is 8.80. The van der Waals surface area contributed by atoms with Crippen molar-refractivity contribution in [2.45, 2.75) is 31.8 Å². The highest BCUT2D eigenvalue weighted by atomic mass is 16.2. The summed E-state index contributed by atoms with van der Waals surface area (Å²) >= 11 is 0. The monoisotopic (exact) mass is 432 g/mol. The largest absolute Gasteiger partial charge is 0.362 e. The summed E-state index contributed by atoms with van der Waals surface area (Å²) in [6.45, 7) is 3.37. The molecule has 2 aromatic heterocycles. The number of aromatic nitrogens is 3. The first-order valence-electron chi connectivity index (χ1n) is 11.2. The van der Waals surface area contributed by atoms with Gasteiger partial charge in [0, 0.05) is 58.5 Å². The normalized spacial score (nSPS) is 16.7. The summed E-state index contributed by atoms with van der Waals surface area (Å²) in [6.07, 6.45) is 5.67. The number of carbonyl (C=O) groups excluding carboxylic acids is 1. The van der Waals surface area contributed by atoms with Crippen molar-refractivity contribution in [1.29, 1.82) is 0 Å².